The lowest BCUT2D eigenvalue weighted by molar-refractivity contribution is -0.144. The van der Waals surface area contributed by atoms with Crippen molar-refractivity contribution in [3.8, 4) is 0 Å². The lowest BCUT2D eigenvalue weighted by atomic mass is 10.3. The van der Waals surface area contributed by atoms with Crippen LogP contribution in [-0.4, -0.2) is 54.6 Å². The Hall–Kier alpha value is -1.50. The maximum absolute atomic E-state index is 11.7. The fraction of sp³-hybridized carbons (Fsp3) is 0.600. The van der Waals surface area contributed by atoms with Crippen molar-refractivity contribution >= 4 is 11.9 Å². The molecular weight excluding hydrogens is 236 g/mol. The predicted octanol–water partition coefficient (Wildman–Crippen LogP) is 0.757. The molecule has 0 spiro atoms. The largest absolute Gasteiger partial charge is 0.480 e. The van der Waals surface area contributed by atoms with E-state index in [-0.39, 0.29) is 19.6 Å². The van der Waals surface area contributed by atoms with Crippen LogP contribution in [0.3, 0.4) is 0 Å². The number of carboxylic acid groups (broad SMARTS) is 1. The number of rotatable bonds is 9. The number of ether oxygens (including phenoxy) is 1. The van der Waals surface area contributed by atoms with E-state index in [2.05, 4.69) is 11.3 Å². The number of carbonyl (C=O) groups is 2. The zero-order valence-corrected chi connectivity index (χ0v) is 9.27. The van der Waals surface area contributed by atoms with Gasteiger partial charge >= 0.3 is 5.97 Å². The number of amides is 1. The van der Waals surface area contributed by atoms with E-state index in [0.29, 0.717) is 0 Å². The first-order valence-corrected chi connectivity index (χ1v) is 4.93. The van der Waals surface area contributed by atoms with Crippen LogP contribution in [0.15, 0.2) is 12.7 Å². The normalized spacial score (nSPS) is 10.3. The van der Waals surface area contributed by atoms with Crippen LogP contribution in [-0.2, 0) is 14.3 Å². The van der Waals surface area contributed by atoms with Crippen molar-refractivity contribution in [2.24, 2.45) is 0 Å². The number of carboxylic acids is 1. The summed E-state index contributed by atoms with van der Waals surface area (Å²) in [5, 5.41) is 8.55. The van der Waals surface area contributed by atoms with Crippen molar-refractivity contribution < 1.29 is 28.2 Å². The highest BCUT2D eigenvalue weighted by Gasteiger charge is 2.15. The van der Waals surface area contributed by atoms with Crippen LogP contribution < -0.4 is 0 Å². The highest BCUT2D eigenvalue weighted by Crippen LogP contribution is 1.98. The molecule has 0 aliphatic heterocycles. The molecule has 0 rings (SSSR count). The second-order valence-corrected chi connectivity index (χ2v) is 3.17. The molecule has 0 atom stereocenters. The maximum Gasteiger partial charge on any atom is 0.323 e. The smallest absolute Gasteiger partial charge is 0.323 e. The van der Waals surface area contributed by atoms with Crippen molar-refractivity contribution in [1.29, 1.82) is 0 Å². The lowest BCUT2D eigenvalue weighted by Gasteiger charge is -2.18. The molecule has 1 N–H and O–H groups in total. The van der Waals surface area contributed by atoms with Crippen molar-refractivity contribution in [2.45, 2.75) is 12.8 Å². The number of halogens is 2. The van der Waals surface area contributed by atoms with Crippen molar-refractivity contribution in [2.75, 3.05) is 26.3 Å². The fourth-order valence-electron chi connectivity index (χ4n) is 1.06. The minimum absolute atomic E-state index is 0.0972. The van der Waals surface area contributed by atoms with Crippen molar-refractivity contribution in [3.05, 3.63) is 12.7 Å². The van der Waals surface area contributed by atoms with Crippen LogP contribution in [0.4, 0.5) is 8.78 Å². The van der Waals surface area contributed by atoms with Gasteiger partial charge in [0, 0.05) is 6.54 Å². The molecule has 0 bridgehead atoms. The Morgan fingerprint density at radius 1 is 1.47 bits per heavy atom. The topological polar surface area (TPSA) is 66.8 Å². The average molecular weight is 251 g/mol. The number of hydrogen-bond donors (Lipinski definition) is 1. The van der Waals surface area contributed by atoms with Gasteiger partial charge in [-0.05, 0) is 0 Å². The van der Waals surface area contributed by atoms with E-state index in [4.69, 9.17) is 5.11 Å². The first-order valence-electron chi connectivity index (χ1n) is 4.93. The standard InChI is InChI=1S/C10H15F2NO4/c1-2-4-13(6-10(15)16)9(14)3-5-17-7-8(11)12/h2,8H,1,3-7H2,(H,15,16). The zero-order valence-electron chi connectivity index (χ0n) is 9.27. The minimum atomic E-state index is -2.58. The molecule has 0 aromatic carbocycles. The molecule has 17 heavy (non-hydrogen) atoms. The van der Waals surface area contributed by atoms with Gasteiger partial charge in [-0.1, -0.05) is 6.08 Å². The first kappa shape index (κ1) is 15.5. The van der Waals surface area contributed by atoms with Gasteiger partial charge in [0.2, 0.25) is 5.91 Å². The van der Waals surface area contributed by atoms with E-state index in [1.807, 2.05) is 0 Å². The van der Waals surface area contributed by atoms with Gasteiger partial charge < -0.3 is 14.7 Å². The Bertz CT molecular complexity index is 271. The molecular formula is C10H15F2NO4. The molecule has 0 aliphatic rings. The summed E-state index contributed by atoms with van der Waals surface area (Å²) in [4.78, 5) is 23.0. The SMILES string of the molecule is C=CCN(CC(=O)O)C(=O)CCOCC(F)F. The molecule has 0 saturated carbocycles. The van der Waals surface area contributed by atoms with Gasteiger partial charge in [0.25, 0.3) is 6.43 Å². The molecule has 0 unspecified atom stereocenters. The second-order valence-electron chi connectivity index (χ2n) is 3.17. The van der Waals surface area contributed by atoms with Crippen LogP contribution in [0, 0.1) is 0 Å². The molecule has 7 heteroatoms. The van der Waals surface area contributed by atoms with Crippen LogP contribution in [0.5, 0.6) is 0 Å². The van der Waals surface area contributed by atoms with Gasteiger partial charge in [0.1, 0.15) is 13.2 Å². The van der Waals surface area contributed by atoms with Gasteiger partial charge in [-0.3, -0.25) is 9.59 Å². The number of carbonyl (C=O) groups excluding carboxylic acids is 1. The summed E-state index contributed by atoms with van der Waals surface area (Å²) in [6, 6.07) is 0. The van der Waals surface area contributed by atoms with Gasteiger partial charge in [0.05, 0.1) is 13.0 Å². The molecule has 98 valence electrons. The summed E-state index contributed by atoms with van der Waals surface area (Å²) in [5.74, 6) is -1.62. The first-order chi connectivity index (χ1) is 7.97. The molecule has 0 heterocycles. The summed E-state index contributed by atoms with van der Waals surface area (Å²) in [7, 11) is 0. The predicted molar refractivity (Wildman–Crippen MR) is 55.9 cm³/mol. The second kappa shape index (κ2) is 8.63. The number of hydrogen-bond acceptors (Lipinski definition) is 3. The van der Waals surface area contributed by atoms with Crippen molar-refractivity contribution in [3.63, 3.8) is 0 Å². The summed E-state index contributed by atoms with van der Waals surface area (Å²) < 4.78 is 27.9. The summed E-state index contributed by atoms with van der Waals surface area (Å²) in [6.45, 7) is 2.16. The van der Waals surface area contributed by atoms with Crippen LogP contribution in [0.25, 0.3) is 0 Å². The van der Waals surface area contributed by atoms with Gasteiger partial charge in [0.15, 0.2) is 0 Å². The molecule has 0 aromatic rings. The fourth-order valence-corrected chi connectivity index (χ4v) is 1.06. The highest BCUT2D eigenvalue weighted by atomic mass is 19.3. The Morgan fingerprint density at radius 3 is 2.59 bits per heavy atom. The molecule has 0 radical (unpaired) electrons. The zero-order chi connectivity index (χ0) is 13.3. The lowest BCUT2D eigenvalue weighted by Crippen LogP contribution is -2.36. The average Bonchev–Trinajstić information content (AvgIpc) is 2.22. The molecule has 0 aromatic heterocycles. The third kappa shape index (κ3) is 8.32. The van der Waals surface area contributed by atoms with Gasteiger partial charge in [-0.2, -0.15) is 0 Å². The van der Waals surface area contributed by atoms with Gasteiger partial charge in [-0.25, -0.2) is 8.78 Å². The van der Waals surface area contributed by atoms with Gasteiger partial charge in [-0.15, -0.1) is 6.58 Å². The Labute approximate surface area is 97.7 Å². The van der Waals surface area contributed by atoms with E-state index in [0.717, 1.165) is 4.90 Å². The van der Waals surface area contributed by atoms with E-state index in [1.54, 1.807) is 0 Å². The van der Waals surface area contributed by atoms with Crippen LogP contribution in [0.2, 0.25) is 0 Å². The number of aliphatic carboxylic acids is 1. The minimum Gasteiger partial charge on any atom is -0.480 e. The quantitative estimate of drug-likeness (QED) is 0.485. The third-order valence-electron chi connectivity index (χ3n) is 1.73. The summed E-state index contributed by atoms with van der Waals surface area (Å²) in [5.41, 5.74) is 0. The van der Waals surface area contributed by atoms with E-state index < -0.39 is 31.5 Å². The number of nitrogens with zero attached hydrogens (tertiary/aromatic N) is 1. The summed E-state index contributed by atoms with van der Waals surface area (Å²) in [6.07, 6.45) is -1.32. The van der Waals surface area contributed by atoms with E-state index >= 15 is 0 Å². The maximum atomic E-state index is 11.7. The molecule has 1 amide bonds. The number of alkyl halides is 2. The molecule has 5 nitrogen and oxygen atoms in total. The van der Waals surface area contributed by atoms with Crippen LogP contribution >= 0.6 is 0 Å². The summed E-state index contributed by atoms with van der Waals surface area (Å²) >= 11 is 0. The van der Waals surface area contributed by atoms with Crippen LogP contribution in [0.1, 0.15) is 6.42 Å². The monoisotopic (exact) mass is 251 g/mol. The third-order valence-corrected chi connectivity index (χ3v) is 1.73. The Morgan fingerprint density at radius 2 is 2.12 bits per heavy atom. The molecule has 0 fully saturated rings. The highest BCUT2D eigenvalue weighted by molar-refractivity contribution is 5.81. The van der Waals surface area contributed by atoms with Crippen molar-refractivity contribution in [1.82, 2.24) is 4.90 Å². The Kier molecular flexibility index (Phi) is 7.87. The van der Waals surface area contributed by atoms with E-state index in [9.17, 15) is 18.4 Å². The molecule has 0 aliphatic carbocycles. The Balaban J connectivity index is 3.96. The molecule has 0 saturated heterocycles. The van der Waals surface area contributed by atoms with E-state index in [1.165, 1.54) is 6.08 Å².